The molecular weight excluding hydrogens is 258 g/mol. The van der Waals surface area contributed by atoms with Crippen molar-refractivity contribution in [3.8, 4) is 16.6 Å². The van der Waals surface area contributed by atoms with Gasteiger partial charge in [0.15, 0.2) is 0 Å². The summed E-state index contributed by atoms with van der Waals surface area (Å²) in [5, 5.41) is 4.36. The third-order valence-electron chi connectivity index (χ3n) is 3.45. The van der Waals surface area contributed by atoms with Crippen LogP contribution in [-0.4, -0.2) is 24.1 Å². The zero-order valence-corrected chi connectivity index (χ0v) is 12.0. The number of rotatable bonds is 3. The lowest BCUT2D eigenvalue weighted by Gasteiger charge is -2.19. The van der Waals surface area contributed by atoms with E-state index in [4.69, 9.17) is 9.72 Å². The number of aryl methyl sites for hydroxylation is 1. The Bertz CT molecular complexity index is 582. The molecule has 1 aliphatic rings. The van der Waals surface area contributed by atoms with Gasteiger partial charge in [-0.05, 0) is 32.4 Å². The van der Waals surface area contributed by atoms with Crippen molar-refractivity contribution in [3.05, 3.63) is 28.8 Å². The van der Waals surface area contributed by atoms with Crippen LogP contribution in [0.1, 0.15) is 29.5 Å². The number of aromatic nitrogens is 2. The molecule has 1 atom stereocenters. The summed E-state index contributed by atoms with van der Waals surface area (Å²) >= 11 is 1.75. The molecule has 3 rings (SSSR count). The Hall–Kier alpha value is -1.46. The molecule has 1 aliphatic carbocycles. The Morgan fingerprint density at radius 1 is 1.37 bits per heavy atom. The predicted molar refractivity (Wildman–Crippen MR) is 76.6 cm³/mol. The van der Waals surface area contributed by atoms with Crippen LogP contribution in [-0.2, 0) is 6.42 Å². The number of methoxy groups -OCH3 is 1. The minimum Gasteiger partial charge on any atom is -0.481 e. The van der Waals surface area contributed by atoms with Gasteiger partial charge in [0, 0.05) is 17.0 Å². The molecule has 100 valence electrons. The lowest BCUT2D eigenvalue weighted by molar-refractivity contribution is 0.398. The molecule has 0 aliphatic heterocycles. The number of hydrogen-bond acceptors (Lipinski definition) is 5. The van der Waals surface area contributed by atoms with Crippen LogP contribution in [0.25, 0.3) is 10.7 Å². The van der Waals surface area contributed by atoms with Gasteiger partial charge < -0.3 is 10.1 Å². The second kappa shape index (κ2) is 5.27. The second-order valence-electron chi connectivity index (χ2n) is 4.63. The Morgan fingerprint density at radius 2 is 2.26 bits per heavy atom. The van der Waals surface area contributed by atoms with Crippen LogP contribution < -0.4 is 10.1 Å². The van der Waals surface area contributed by atoms with Crippen LogP contribution in [0.5, 0.6) is 5.88 Å². The van der Waals surface area contributed by atoms with Gasteiger partial charge in [-0.3, -0.25) is 0 Å². The van der Waals surface area contributed by atoms with E-state index < -0.39 is 0 Å². The van der Waals surface area contributed by atoms with Gasteiger partial charge in [0.2, 0.25) is 5.88 Å². The number of ether oxygens (including phenoxy) is 1. The molecule has 0 saturated carbocycles. The zero-order chi connectivity index (χ0) is 13.2. The molecule has 4 nitrogen and oxygen atoms in total. The maximum atomic E-state index is 5.17. The highest BCUT2D eigenvalue weighted by Gasteiger charge is 2.24. The minimum atomic E-state index is 0.445. The molecule has 19 heavy (non-hydrogen) atoms. The third-order valence-corrected chi connectivity index (χ3v) is 4.68. The van der Waals surface area contributed by atoms with E-state index in [2.05, 4.69) is 10.3 Å². The number of fused-ring (bicyclic) bond motifs is 1. The van der Waals surface area contributed by atoms with Crippen molar-refractivity contribution < 1.29 is 4.74 Å². The van der Waals surface area contributed by atoms with Crippen LogP contribution in [0, 0.1) is 0 Å². The summed E-state index contributed by atoms with van der Waals surface area (Å²) in [7, 11) is 3.65. The first kappa shape index (κ1) is 12.6. The highest BCUT2D eigenvalue weighted by molar-refractivity contribution is 7.15. The summed E-state index contributed by atoms with van der Waals surface area (Å²) in [6.07, 6.45) is 3.47. The predicted octanol–water partition coefficient (Wildman–Crippen LogP) is 2.81. The van der Waals surface area contributed by atoms with E-state index in [1.807, 2.05) is 25.2 Å². The van der Waals surface area contributed by atoms with Gasteiger partial charge in [-0.15, -0.1) is 11.3 Å². The summed E-state index contributed by atoms with van der Waals surface area (Å²) in [4.78, 5) is 10.6. The van der Waals surface area contributed by atoms with E-state index in [0.717, 1.165) is 17.1 Å². The van der Waals surface area contributed by atoms with Gasteiger partial charge in [0.05, 0.1) is 12.8 Å². The SMILES string of the molecule is CNC1CCCc2nc(-c3cccc(OC)n3)sc21. The van der Waals surface area contributed by atoms with Crippen LogP contribution in [0.15, 0.2) is 18.2 Å². The highest BCUT2D eigenvalue weighted by atomic mass is 32.1. The first-order valence-electron chi connectivity index (χ1n) is 6.50. The largest absolute Gasteiger partial charge is 0.481 e. The van der Waals surface area contributed by atoms with Gasteiger partial charge in [0.1, 0.15) is 10.7 Å². The Kier molecular flexibility index (Phi) is 3.48. The van der Waals surface area contributed by atoms with Gasteiger partial charge in [0.25, 0.3) is 0 Å². The molecule has 0 amide bonds. The molecule has 1 N–H and O–H groups in total. The van der Waals surface area contributed by atoms with Crippen LogP contribution >= 0.6 is 11.3 Å². The number of nitrogens with zero attached hydrogens (tertiary/aromatic N) is 2. The van der Waals surface area contributed by atoms with Crippen molar-refractivity contribution >= 4 is 11.3 Å². The van der Waals surface area contributed by atoms with Gasteiger partial charge in [-0.25, -0.2) is 9.97 Å². The zero-order valence-electron chi connectivity index (χ0n) is 11.1. The molecule has 0 spiro atoms. The molecule has 0 bridgehead atoms. The summed E-state index contributed by atoms with van der Waals surface area (Å²) in [5.41, 5.74) is 2.13. The van der Waals surface area contributed by atoms with Crippen LogP contribution in [0.2, 0.25) is 0 Å². The molecule has 2 aromatic rings. The molecule has 5 heteroatoms. The van der Waals surface area contributed by atoms with Gasteiger partial charge in [-0.2, -0.15) is 0 Å². The standard InChI is InChI=1S/C14H17N3OS/c1-15-9-5-3-6-10-13(9)19-14(17-10)11-7-4-8-12(16-11)18-2/h4,7-9,15H,3,5-6H2,1-2H3. The van der Waals surface area contributed by atoms with Crippen LogP contribution in [0.3, 0.4) is 0 Å². The second-order valence-corrected chi connectivity index (χ2v) is 5.66. The Morgan fingerprint density at radius 3 is 3.05 bits per heavy atom. The van der Waals surface area contributed by atoms with E-state index in [9.17, 15) is 0 Å². The van der Waals surface area contributed by atoms with Crippen molar-refractivity contribution in [1.29, 1.82) is 0 Å². The third kappa shape index (κ3) is 2.35. The molecule has 2 aromatic heterocycles. The monoisotopic (exact) mass is 275 g/mol. The normalized spacial score (nSPS) is 18.1. The fourth-order valence-electron chi connectivity index (χ4n) is 2.45. The van der Waals surface area contributed by atoms with E-state index in [-0.39, 0.29) is 0 Å². The maximum Gasteiger partial charge on any atom is 0.213 e. The minimum absolute atomic E-state index is 0.445. The lowest BCUT2D eigenvalue weighted by atomic mass is 9.98. The average Bonchev–Trinajstić information content (AvgIpc) is 2.91. The van der Waals surface area contributed by atoms with Gasteiger partial charge in [-0.1, -0.05) is 6.07 Å². The smallest absolute Gasteiger partial charge is 0.213 e. The average molecular weight is 275 g/mol. The summed E-state index contributed by atoms with van der Waals surface area (Å²) in [6.45, 7) is 0. The van der Waals surface area contributed by atoms with E-state index in [0.29, 0.717) is 11.9 Å². The van der Waals surface area contributed by atoms with Crippen molar-refractivity contribution in [2.24, 2.45) is 0 Å². The fraction of sp³-hybridized carbons (Fsp3) is 0.429. The first-order chi connectivity index (χ1) is 9.31. The maximum absolute atomic E-state index is 5.17. The van der Waals surface area contributed by atoms with E-state index in [1.165, 1.54) is 23.4 Å². The van der Waals surface area contributed by atoms with Crippen molar-refractivity contribution in [1.82, 2.24) is 15.3 Å². The molecule has 1 unspecified atom stereocenters. The van der Waals surface area contributed by atoms with Gasteiger partial charge >= 0.3 is 0 Å². The van der Waals surface area contributed by atoms with E-state index >= 15 is 0 Å². The number of thiazole rings is 1. The fourth-order valence-corrected chi connectivity index (χ4v) is 3.68. The Balaban J connectivity index is 1.99. The Labute approximate surface area is 116 Å². The molecule has 0 fully saturated rings. The van der Waals surface area contributed by atoms with Crippen molar-refractivity contribution in [2.75, 3.05) is 14.2 Å². The molecular formula is C14H17N3OS. The number of pyridine rings is 1. The first-order valence-corrected chi connectivity index (χ1v) is 7.31. The quantitative estimate of drug-likeness (QED) is 0.935. The molecule has 0 aromatic carbocycles. The van der Waals surface area contributed by atoms with Crippen molar-refractivity contribution in [2.45, 2.75) is 25.3 Å². The molecule has 0 saturated heterocycles. The summed E-state index contributed by atoms with van der Waals surface area (Å²) in [6, 6.07) is 6.24. The number of hydrogen-bond donors (Lipinski definition) is 1. The molecule has 0 radical (unpaired) electrons. The van der Waals surface area contributed by atoms with Crippen molar-refractivity contribution in [3.63, 3.8) is 0 Å². The summed E-state index contributed by atoms with van der Waals surface area (Å²) in [5.74, 6) is 0.635. The number of nitrogens with one attached hydrogen (secondary N) is 1. The topological polar surface area (TPSA) is 47.0 Å². The van der Waals surface area contributed by atoms with E-state index in [1.54, 1.807) is 18.4 Å². The van der Waals surface area contributed by atoms with Crippen LogP contribution in [0.4, 0.5) is 0 Å². The lowest BCUT2D eigenvalue weighted by Crippen LogP contribution is -2.19. The molecule has 2 heterocycles. The summed E-state index contributed by atoms with van der Waals surface area (Å²) < 4.78 is 5.17. The highest BCUT2D eigenvalue weighted by Crippen LogP contribution is 2.37.